The number of benzene rings is 4. The molecular weight excluding hydrogens is 464 g/mol. The number of para-hydroxylation sites is 1. The topological polar surface area (TPSA) is 67.9 Å². The highest BCUT2D eigenvalue weighted by Gasteiger charge is 2.26. The van der Waals surface area contributed by atoms with E-state index >= 15 is 0 Å². The summed E-state index contributed by atoms with van der Waals surface area (Å²) in [5, 5.41) is 3.01. The SMILES string of the molecule is O=C(CC(c1ccccc1)c1ccccc1)Nc1ccc2c(c1)OCC(=O)N2CCOc1ccccc1. The second-order valence-electron chi connectivity index (χ2n) is 8.80. The summed E-state index contributed by atoms with van der Waals surface area (Å²) in [5.41, 5.74) is 3.46. The van der Waals surface area contributed by atoms with Gasteiger partial charge in [-0.1, -0.05) is 78.9 Å². The van der Waals surface area contributed by atoms with Crippen LogP contribution in [0.5, 0.6) is 11.5 Å². The zero-order valence-electron chi connectivity index (χ0n) is 20.4. The van der Waals surface area contributed by atoms with Crippen molar-refractivity contribution in [1.82, 2.24) is 0 Å². The fraction of sp³-hybridized carbons (Fsp3) is 0.161. The van der Waals surface area contributed by atoms with E-state index in [1.54, 1.807) is 23.1 Å². The normalized spacial score (nSPS) is 12.6. The molecule has 0 aromatic heterocycles. The molecule has 0 aliphatic carbocycles. The van der Waals surface area contributed by atoms with Crippen molar-refractivity contribution in [1.29, 1.82) is 0 Å². The molecular formula is C31H28N2O4. The maximum Gasteiger partial charge on any atom is 0.265 e. The lowest BCUT2D eigenvalue weighted by atomic mass is 9.88. The van der Waals surface area contributed by atoms with Gasteiger partial charge in [0.05, 0.1) is 12.2 Å². The fourth-order valence-electron chi connectivity index (χ4n) is 4.50. The first-order valence-electron chi connectivity index (χ1n) is 12.3. The van der Waals surface area contributed by atoms with Crippen molar-refractivity contribution in [3.05, 3.63) is 120 Å². The van der Waals surface area contributed by atoms with Crippen molar-refractivity contribution >= 4 is 23.2 Å². The first kappa shape index (κ1) is 24.1. The van der Waals surface area contributed by atoms with Crippen LogP contribution in [0, 0.1) is 0 Å². The van der Waals surface area contributed by atoms with E-state index < -0.39 is 0 Å². The van der Waals surface area contributed by atoms with Crippen molar-refractivity contribution in [3.8, 4) is 11.5 Å². The van der Waals surface area contributed by atoms with E-state index in [1.807, 2.05) is 91.0 Å². The summed E-state index contributed by atoms with van der Waals surface area (Å²) >= 11 is 0. The number of rotatable bonds is 9. The molecule has 0 fully saturated rings. The molecule has 0 unspecified atom stereocenters. The van der Waals surface area contributed by atoms with Crippen molar-refractivity contribution in [2.24, 2.45) is 0 Å². The Labute approximate surface area is 216 Å². The average molecular weight is 493 g/mol. The highest BCUT2D eigenvalue weighted by molar-refractivity contribution is 5.99. The molecule has 0 saturated heterocycles. The van der Waals surface area contributed by atoms with E-state index in [0.29, 0.717) is 36.7 Å². The molecule has 6 nitrogen and oxygen atoms in total. The number of anilines is 2. The predicted octanol–water partition coefficient (Wildman–Crippen LogP) is 5.65. The van der Waals surface area contributed by atoms with Crippen LogP contribution in [0.3, 0.4) is 0 Å². The second kappa shape index (κ2) is 11.4. The minimum absolute atomic E-state index is 0.0557. The van der Waals surface area contributed by atoms with Gasteiger partial charge in [0.15, 0.2) is 6.61 Å². The van der Waals surface area contributed by atoms with Crippen molar-refractivity contribution in [3.63, 3.8) is 0 Å². The summed E-state index contributed by atoms with van der Waals surface area (Å²) < 4.78 is 11.5. The Balaban J connectivity index is 1.26. The maximum absolute atomic E-state index is 13.1. The fourth-order valence-corrected chi connectivity index (χ4v) is 4.50. The maximum atomic E-state index is 13.1. The van der Waals surface area contributed by atoms with Gasteiger partial charge in [0, 0.05) is 24.1 Å². The number of amides is 2. The van der Waals surface area contributed by atoms with Crippen molar-refractivity contribution < 1.29 is 19.1 Å². The van der Waals surface area contributed by atoms with Crippen LogP contribution in [-0.4, -0.2) is 31.6 Å². The molecule has 186 valence electrons. The first-order valence-corrected chi connectivity index (χ1v) is 12.3. The monoisotopic (exact) mass is 492 g/mol. The number of nitrogens with zero attached hydrogens (tertiary/aromatic N) is 1. The van der Waals surface area contributed by atoms with Gasteiger partial charge in [0.2, 0.25) is 5.91 Å². The molecule has 4 aromatic rings. The zero-order valence-corrected chi connectivity index (χ0v) is 20.4. The molecule has 1 heterocycles. The standard InChI is InChI=1S/C31H28N2O4/c34-30(21-27(23-10-4-1-5-11-23)24-12-6-2-7-13-24)32-25-16-17-28-29(20-25)37-22-31(35)33(28)18-19-36-26-14-8-3-9-15-26/h1-17,20,27H,18-19,21-22H2,(H,32,34). The third-order valence-electron chi connectivity index (χ3n) is 6.31. The molecule has 0 saturated carbocycles. The van der Waals surface area contributed by atoms with Gasteiger partial charge in [-0.25, -0.2) is 0 Å². The number of hydrogen-bond donors (Lipinski definition) is 1. The number of nitrogens with one attached hydrogen (secondary N) is 1. The van der Waals surface area contributed by atoms with E-state index in [0.717, 1.165) is 16.9 Å². The van der Waals surface area contributed by atoms with Gasteiger partial charge >= 0.3 is 0 Å². The van der Waals surface area contributed by atoms with Gasteiger partial charge in [-0.2, -0.15) is 0 Å². The zero-order chi connectivity index (χ0) is 25.5. The Hall–Kier alpha value is -4.58. The van der Waals surface area contributed by atoms with Crippen LogP contribution in [-0.2, 0) is 9.59 Å². The number of carbonyl (C=O) groups excluding carboxylic acids is 2. The molecule has 0 radical (unpaired) electrons. The minimum atomic E-state index is -0.130. The Morgan fingerprint density at radius 2 is 1.49 bits per heavy atom. The van der Waals surface area contributed by atoms with Crippen LogP contribution in [0.25, 0.3) is 0 Å². The molecule has 1 N–H and O–H groups in total. The summed E-state index contributed by atoms with van der Waals surface area (Å²) in [6, 6.07) is 34.9. The smallest absolute Gasteiger partial charge is 0.265 e. The Kier molecular flexibility index (Phi) is 7.46. The van der Waals surface area contributed by atoms with E-state index in [4.69, 9.17) is 9.47 Å². The van der Waals surface area contributed by atoms with E-state index in [2.05, 4.69) is 5.32 Å². The molecule has 1 aliphatic rings. The number of hydrogen-bond acceptors (Lipinski definition) is 4. The van der Waals surface area contributed by atoms with Crippen LogP contribution < -0.4 is 19.7 Å². The number of fused-ring (bicyclic) bond motifs is 1. The Morgan fingerprint density at radius 3 is 2.14 bits per heavy atom. The Morgan fingerprint density at radius 1 is 0.865 bits per heavy atom. The summed E-state index contributed by atoms with van der Waals surface area (Å²) in [7, 11) is 0. The molecule has 6 heteroatoms. The van der Waals surface area contributed by atoms with Gasteiger partial charge < -0.3 is 19.7 Å². The lowest BCUT2D eigenvalue weighted by molar-refractivity contribution is -0.121. The summed E-state index contributed by atoms with van der Waals surface area (Å²) in [6.45, 7) is 0.694. The van der Waals surface area contributed by atoms with Gasteiger partial charge in [-0.3, -0.25) is 9.59 Å². The molecule has 37 heavy (non-hydrogen) atoms. The summed E-state index contributed by atoms with van der Waals surface area (Å²) in [5.74, 6) is 1.02. The van der Waals surface area contributed by atoms with Crippen molar-refractivity contribution in [2.75, 3.05) is 30.0 Å². The van der Waals surface area contributed by atoms with E-state index in [9.17, 15) is 9.59 Å². The molecule has 0 spiro atoms. The number of ether oxygens (including phenoxy) is 2. The second-order valence-corrected chi connectivity index (χ2v) is 8.80. The molecule has 0 bridgehead atoms. The van der Waals surface area contributed by atoms with E-state index in [1.165, 1.54) is 0 Å². The summed E-state index contributed by atoms with van der Waals surface area (Å²) in [4.78, 5) is 27.3. The van der Waals surface area contributed by atoms with Gasteiger partial charge in [0.1, 0.15) is 18.1 Å². The lowest BCUT2D eigenvalue weighted by Gasteiger charge is -2.29. The predicted molar refractivity (Wildman–Crippen MR) is 144 cm³/mol. The first-order chi connectivity index (χ1) is 18.2. The highest BCUT2D eigenvalue weighted by atomic mass is 16.5. The third kappa shape index (κ3) is 5.98. The molecule has 4 aromatic carbocycles. The lowest BCUT2D eigenvalue weighted by Crippen LogP contribution is -2.41. The van der Waals surface area contributed by atoms with Crippen LogP contribution in [0.1, 0.15) is 23.5 Å². The molecule has 0 atom stereocenters. The van der Waals surface area contributed by atoms with E-state index in [-0.39, 0.29) is 24.3 Å². The van der Waals surface area contributed by atoms with Gasteiger partial charge in [-0.05, 0) is 35.4 Å². The molecule has 2 amide bonds. The van der Waals surface area contributed by atoms with Crippen LogP contribution in [0.2, 0.25) is 0 Å². The van der Waals surface area contributed by atoms with Crippen LogP contribution in [0.15, 0.2) is 109 Å². The molecule has 1 aliphatic heterocycles. The highest BCUT2D eigenvalue weighted by Crippen LogP contribution is 2.35. The summed E-state index contributed by atoms with van der Waals surface area (Å²) in [6.07, 6.45) is 0.299. The van der Waals surface area contributed by atoms with Crippen molar-refractivity contribution in [2.45, 2.75) is 12.3 Å². The number of carbonyl (C=O) groups is 2. The third-order valence-corrected chi connectivity index (χ3v) is 6.31. The van der Waals surface area contributed by atoms with Gasteiger partial charge in [0.25, 0.3) is 5.91 Å². The largest absolute Gasteiger partial charge is 0.492 e. The minimum Gasteiger partial charge on any atom is -0.492 e. The van der Waals surface area contributed by atoms with Gasteiger partial charge in [-0.15, -0.1) is 0 Å². The van der Waals surface area contributed by atoms with Crippen LogP contribution >= 0.6 is 0 Å². The average Bonchev–Trinajstić information content (AvgIpc) is 2.94. The Bertz CT molecular complexity index is 1300. The van der Waals surface area contributed by atoms with Crippen LogP contribution in [0.4, 0.5) is 11.4 Å². The molecule has 5 rings (SSSR count). The quantitative estimate of drug-likeness (QED) is 0.328.